The van der Waals surface area contributed by atoms with E-state index in [1.165, 1.54) is 62.7 Å². The van der Waals surface area contributed by atoms with Gasteiger partial charge < -0.3 is 24.9 Å². The van der Waals surface area contributed by atoms with Gasteiger partial charge in [0.1, 0.15) is 35.8 Å². The molecule has 3 N–H and O–H groups in total. The third-order valence-electron chi connectivity index (χ3n) is 5.97. The zero-order valence-electron chi connectivity index (χ0n) is 20.6. The van der Waals surface area contributed by atoms with Crippen molar-refractivity contribution in [3.05, 3.63) is 83.6 Å². The number of hydrogen-bond donors (Lipinski definition) is 3. The van der Waals surface area contributed by atoms with E-state index in [0.29, 0.717) is 10.9 Å². The van der Waals surface area contributed by atoms with Crippen LogP contribution in [0.1, 0.15) is 28.9 Å². The number of carbonyl (C=O) groups is 1. The Bertz CT molecular complexity index is 1590. The lowest BCUT2D eigenvalue weighted by Crippen LogP contribution is -2.23. The summed E-state index contributed by atoms with van der Waals surface area (Å²) in [5, 5.41) is 12.8. The molecular formula is C27H26F2N2O6S. The van der Waals surface area contributed by atoms with Crippen molar-refractivity contribution >= 4 is 32.2 Å². The van der Waals surface area contributed by atoms with Crippen molar-refractivity contribution in [2.75, 3.05) is 31.4 Å². The molecule has 0 aliphatic heterocycles. The number of Topliss-reactive ketones (excluding diaryl/α,β-unsaturated/α-hetero) is 1. The Hall–Kier alpha value is -3.96. The van der Waals surface area contributed by atoms with Crippen molar-refractivity contribution < 1.29 is 36.6 Å². The molecule has 0 amide bonds. The number of hydrogen-bond acceptors (Lipinski definition) is 7. The number of halogens is 2. The first-order valence-corrected chi connectivity index (χ1v) is 13.3. The molecule has 0 aliphatic carbocycles. The van der Waals surface area contributed by atoms with Crippen LogP contribution < -0.4 is 14.8 Å². The Morgan fingerprint density at radius 2 is 1.82 bits per heavy atom. The molecular weight excluding hydrogens is 518 g/mol. The highest BCUT2D eigenvalue weighted by atomic mass is 32.2. The standard InChI is InChI=1S/C27H26F2N2O6S/c1-3-38(34,35)20-13-18(12-19(14-20)36-2)31-26(22-7-5-17(29)11-25(22)37-9-8-32)27(33)23-15-30-24-10-16(28)4-6-21(23)24/h4-7,10-15,26,30-32H,3,8-9H2,1-2H3. The number of aliphatic hydroxyl groups is 1. The van der Waals surface area contributed by atoms with Crippen molar-refractivity contribution in [2.45, 2.75) is 17.9 Å². The lowest BCUT2D eigenvalue weighted by atomic mass is 9.95. The number of fused-ring (bicyclic) bond motifs is 1. The molecule has 8 nitrogen and oxygen atoms in total. The van der Waals surface area contributed by atoms with Gasteiger partial charge >= 0.3 is 0 Å². The van der Waals surface area contributed by atoms with Gasteiger partial charge in [-0.05, 0) is 42.5 Å². The third kappa shape index (κ3) is 5.63. The van der Waals surface area contributed by atoms with Crippen LogP contribution in [0.2, 0.25) is 0 Å². The molecule has 200 valence electrons. The summed E-state index contributed by atoms with van der Waals surface area (Å²) in [4.78, 5) is 16.9. The molecule has 0 fully saturated rings. The number of ketones is 1. The molecule has 1 aromatic heterocycles. The van der Waals surface area contributed by atoms with Gasteiger partial charge in [-0.2, -0.15) is 0 Å². The number of aromatic nitrogens is 1. The zero-order valence-corrected chi connectivity index (χ0v) is 21.4. The Kier molecular flexibility index (Phi) is 7.98. The number of H-pyrrole nitrogens is 1. The number of aliphatic hydroxyl groups excluding tert-OH is 1. The van der Waals surface area contributed by atoms with Crippen LogP contribution in [0.5, 0.6) is 11.5 Å². The molecule has 0 radical (unpaired) electrons. The summed E-state index contributed by atoms with van der Waals surface area (Å²) in [5.74, 6) is -1.47. The molecule has 1 unspecified atom stereocenters. The van der Waals surface area contributed by atoms with Gasteiger partial charge in [0.25, 0.3) is 0 Å². The SMILES string of the molecule is CCS(=O)(=O)c1cc(NC(C(=O)c2c[nH]c3cc(F)ccc23)c2ccc(F)cc2OCCO)cc(OC)c1. The maximum atomic E-state index is 14.1. The van der Waals surface area contributed by atoms with Gasteiger partial charge in [0.05, 0.1) is 24.4 Å². The van der Waals surface area contributed by atoms with Crippen LogP contribution in [-0.2, 0) is 9.84 Å². The molecule has 0 saturated heterocycles. The fourth-order valence-corrected chi connectivity index (χ4v) is 4.99. The van der Waals surface area contributed by atoms with Crippen LogP contribution in [0, 0.1) is 11.6 Å². The molecule has 0 spiro atoms. The number of aromatic amines is 1. The first-order valence-electron chi connectivity index (χ1n) is 11.7. The van der Waals surface area contributed by atoms with E-state index < -0.39 is 33.3 Å². The van der Waals surface area contributed by atoms with Crippen LogP contribution in [0.3, 0.4) is 0 Å². The van der Waals surface area contributed by atoms with Crippen LogP contribution in [0.15, 0.2) is 65.7 Å². The van der Waals surface area contributed by atoms with Crippen molar-refractivity contribution in [1.29, 1.82) is 0 Å². The van der Waals surface area contributed by atoms with Gasteiger partial charge in [0.15, 0.2) is 15.6 Å². The van der Waals surface area contributed by atoms with E-state index in [0.717, 1.165) is 12.1 Å². The number of sulfone groups is 1. The fraction of sp³-hybridized carbons (Fsp3) is 0.222. The monoisotopic (exact) mass is 544 g/mol. The van der Waals surface area contributed by atoms with Gasteiger partial charge in [-0.15, -0.1) is 0 Å². The number of benzene rings is 3. The Balaban J connectivity index is 1.87. The lowest BCUT2D eigenvalue weighted by molar-refractivity contribution is 0.0969. The van der Waals surface area contributed by atoms with Gasteiger partial charge in [-0.3, -0.25) is 4.79 Å². The summed E-state index contributed by atoms with van der Waals surface area (Å²) in [6.45, 7) is 1.02. The smallest absolute Gasteiger partial charge is 0.191 e. The molecule has 11 heteroatoms. The number of methoxy groups -OCH3 is 1. The highest BCUT2D eigenvalue weighted by Gasteiger charge is 2.28. The molecule has 38 heavy (non-hydrogen) atoms. The molecule has 1 atom stereocenters. The largest absolute Gasteiger partial charge is 0.497 e. The van der Waals surface area contributed by atoms with Gasteiger partial charge in [-0.25, -0.2) is 17.2 Å². The number of ether oxygens (including phenoxy) is 2. The summed E-state index contributed by atoms with van der Waals surface area (Å²) >= 11 is 0. The van der Waals surface area contributed by atoms with Gasteiger partial charge in [0, 0.05) is 46.0 Å². The number of anilines is 1. The summed E-state index contributed by atoms with van der Waals surface area (Å²) in [6.07, 6.45) is 1.44. The molecule has 0 saturated carbocycles. The van der Waals surface area contributed by atoms with Crippen LogP contribution in [0.25, 0.3) is 10.9 Å². The van der Waals surface area contributed by atoms with E-state index in [4.69, 9.17) is 9.47 Å². The van der Waals surface area contributed by atoms with Crippen LogP contribution >= 0.6 is 0 Å². The highest BCUT2D eigenvalue weighted by molar-refractivity contribution is 7.91. The Morgan fingerprint density at radius 1 is 1.08 bits per heavy atom. The molecule has 4 rings (SSSR count). The number of nitrogens with one attached hydrogen (secondary N) is 2. The average Bonchev–Trinajstić information content (AvgIpc) is 3.33. The quantitative estimate of drug-likeness (QED) is 0.235. The summed E-state index contributed by atoms with van der Waals surface area (Å²) < 4.78 is 63.9. The molecule has 0 aliphatic rings. The predicted molar refractivity (Wildman–Crippen MR) is 139 cm³/mol. The van der Waals surface area contributed by atoms with E-state index in [1.807, 2.05) is 0 Å². The van der Waals surface area contributed by atoms with Crippen molar-refractivity contribution in [3.8, 4) is 11.5 Å². The van der Waals surface area contributed by atoms with E-state index >= 15 is 0 Å². The minimum Gasteiger partial charge on any atom is -0.497 e. The number of carbonyl (C=O) groups excluding carboxylic acids is 1. The summed E-state index contributed by atoms with van der Waals surface area (Å²) in [6, 6.07) is 10.7. The minimum atomic E-state index is -3.62. The van der Waals surface area contributed by atoms with E-state index in [1.54, 1.807) is 0 Å². The second-order valence-corrected chi connectivity index (χ2v) is 10.7. The maximum absolute atomic E-state index is 14.1. The van der Waals surface area contributed by atoms with Crippen molar-refractivity contribution in [2.24, 2.45) is 0 Å². The molecule has 3 aromatic carbocycles. The average molecular weight is 545 g/mol. The van der Waals surface area contributed by atoms with Crippen LogP contribution in [0.4, 0.5) is 14.5 Å². The summed E-state index contributed by atoms with van der Waals surface area (Å²) in [5.41, 5.74) is 1.11. The zero-order chi connectivity index (χ0) is 27.4. The van der Waals surface area contributed by atoms with E-state index in [2.05, 4.69) is 10.3 Å². The number of rotatable bonds is 11. The van der Waals surface area contributed by atoms with Crippen molar-refractivity contribution in [3.63, 3.8) is 0 Å². The topological polar surface area (TPSA) is 118 Å². The van der Waals surface area contributed by atoms with E-state index in [-0.39, 0.29) is 52.2 Å². The van der Waals surface area contributed by atoms with E-state index in [9.17, 15) is 27.1 Å². The van der Waals surface area contributed by atoms with Gasteiger partial charge in [0.2, 0.25) is 0 Å². The third-order valence-corrected chi connectivity index (χ3v) is 7.69. The first-order chi connectivity index (χ1) is 18.2. The van der Waals surface area contributed by atoms with Gasteiger partial charge in [-0.1, -0.05) is 6.92 Å². The summed E-state index contributed by atoms with van der Waals surface area (Å²) in [7, 11) is -2.24. The first kappa shape index (κ1) is 27.1. The fourth-order valence-electron chi connectivity index (χ4n) is 4.06. The molecule has 4 aromatic rings. The minimum absolute atomic E-state index is 0.00789. The van der Waals surface area contributed by atoms with Crippen LogP contribution in [-0.4, -0.2) is 50.4 Å². The second kappa shape index (κ2) is 11.2. The normalized spacial score (nSPS) is 12.3. The van der Waals surface area contributed by atoms with Crippen molar-refractivity contribution in [1.82, 2.24) is 4.98 Å². The highest BCUT2D eigenvalue weighted by Crippen LogP contribution is 2.35. The predicted octanol–water partition coefficient (Wildman–Crippen LogP) is 4.66. The molecule has 1 heterocycles. The Labute approximate surface area is 218 Å². The Morgan fingerprint density at radius 3 is 2.53 bits per heavy atom. The lowest BCUT2D eigenvalue weighted by Gasteiger charge is -2.23. The second-order valence-electron chi connectivity index (χ2n) is 8.39. The molecule has 0 bridgehead atoms. The maximum Gasteiger partial charge on any atom is 0.191 e.